The predicted molar refractivity (Wildman–Crippen MR) is 75.5 cm³/mol. The van der Waals surface area contributed by atoms with Gasteiger partial charge in [-0.15, -0.1) is 0 Å². The molecule has 0 saturated heterocycles. The van der Waals surface area contributed by atoms with Crippen LogP contribution in [0, 0.1) is 0 Å². The molecule has 3 aromatic rings. The second-order valence-corrected chi connectivity index (χ2v) is 5.67. The number of fused-ring (bicyclic) bond motifs is 1. The molecule has 2 aromatic carbocycles. The molecule has 1 saturated carbocycles. The van der Waals surface area contributed by atoms with Crippen LogP contribution in [0.15, 0.2) is 40.9 Å². The Balaban J connectivity index is 1.85. The van der Waals surface area contributed by atoms with Crippen LogP contribution in [-0.2, 0) is 5.41 Å². The van der Waals surface area contributed by atoms with Gasteiger partial charge in [-0.2, -0.15) is 4.98 Å². The number of aromatic hydroxyl groups is 1. The fourth-order valence-corrected chi connectivity index (χ4v) is 2.42. The van der Waals surface area contributed by atoms with Crippen LogP contribution in [0.5, 0.6) is 5.75 Å². The Labute approximate surface area is 116 Å². The number of rotatable bonds is 2. The lowest BCUT2D eigenvalue weighted by Crippen LogP contribution is -2.01. The van der Waals surface area contributed by atoms with E-state index in [1.165, 1.54) is 0 Å². The van der Waals surface area contributed by atoms with Gasteiger partial charge in [-0.05, 0) is 24.3 Å². The summed E-state index contributed by atoms with van der Waals surface area (Å²) in [6.07, 6.45) is 2.19. The van der Waals surface area contributed by atoms with Crippen LogP contribution >= 0.6 is 0 Å². The van der Waals surface area contributed by atoms with E-state index in [0.717, 1.165) is 29.4 Å². The van der Waals surface area contributed by atoms with E-state index in [2.05, 4.69) is 17.1 Å². The van der Waals surface area contributed by atoms with Crippen LogP contribution in [0.4, 0.5) is 0 Å². The normalized spacial score (nSPS) is 16.4. The lowest BCUT2D eigenvalue weighted by atomic mass is 10.1. The maximum absolute atomic E-state index is 10.4. The maximum Gasteiger partial charge on any atom is 0.261 e. The Bertz CT molecular complexity index is 803. The Morgan fingerprint density at radius 3 is 2.75 bits per heavy atom. The van der Waals surface area contributed by atoms with Gasteiger partial charge >= 0.3 is 0 Å². The molecule has 0 radical (unpaired) electrons. The van der Waals surface area contributed by atoms with Gasteiger partial charge in [0.1, 0.15) is 5.75 Å². The van der Waals surface area contributed by atoms with E-state index in [0.29, 0.717) is 11.5 Å². The number of phenols is 1. The fourth-order valence-electron chi connectivity index (χ4n) is 2.42. The molecule has 4 heteroatoms. The zero-order chi connectivity index (χ0) is 13.7. The zero-order valence-electron chi connectivity index (χ0n) is 11.1. The van der Waals surface area contributed by atoms with Crippen LogP contribution in [-0.4, -0.2) is 15.2 Å². The summed E-state index contributed by atoms with van der Waals surface area (Å²) in [7, 11) is 0. The molecule has 0 spiro atoms. The standard InChI is InChI=1S/C16H14N2O2/c1-16(8-9-16)15-17-14(20-18-15)12-7-6-10-4-2-3-5-11(10)13(12)19/h2-7,19H,8-9H2,1H3. The molecule has 0 bridgehead atoms. The second-order valence-electron chi connectivity index (χ2n) is 5.67. The third-order valence-electron chi connectivity index (χ3n) is 4.10. The van der Waals surface area contributed by atoms with Crippen LogP contribution < -0.4 is 0 Å². The van der Waals surface area contributed by atoms with Gasteiger partial charge in [-0.3, -0.25) is 0 Å². The summed E-state index contributed by atoms with van der Waals surface area (Å²) in [5.74, 6) is 1.32. The highest BCUT2D eigenvalue weighted by molar-refractivity contribution is 5.93. The highest BCUT2D eigenvalue weighted by Gasteiger charge is 2.43. The van der Waals surface area contributed by atoms with Gasteiger partial charge in [0.25, 0.3) is 5.89 Å². The van der Waals surface area contributed by atoms with Crippen molar-refractivity contribution in [3.05, 3.63) is 42.2 Å². The fraction of sp³-hybridized carbons (Fsp3) is 0.250. The summed E-state index contributed by atoms with van der Waals surface area (Å²) in [5, 5.41) is 16.2. The van der Waals surface area contributed by atoms with Crippen molar-refractivity contribution < 1.29 is 9.63 Å². The van der Waals surface area contributed by atoms with Gasteiger partial charge in [-0.1, -0.05) is 42.4 Å². The molecule has 1 N–H and O–H groups in total. The van der Waals surface area contributed by atoms with E-state index in [4.69, 9.17) is 4.52 Å². The lowest BCUT2D eigenvalue weighted by molar-refractivity contribution is 0.412. The molecular formula is C16H14N2O2. The second kappa shape index (κ2) is 3.82. The van der Waals surface area contributed by atoms with E-state index < -0.39 is 0 Å². The molecule has 4 rings (SSSR count). The van der Waals surface area contributed by atoms with Gasteiger partial charge < -0.3 is 9.63 Å². The Morgan fingerprint density at radius 1 is 1.15 bits per heavy atom. The first-order valence-electron chi connectivity index (χ1n) is 6.73. The zero-order valence-corrected chi connectivity index (χ0v) is 11.1. The van der Waals surface area contributed by atoms with Crippen molar-refractivity contribution in [2.75, 3.05) is 0 Å². The Morgan fingerprint density at radius 2 is 1.95 bits per heavy atom. The molecule has 0 unspecified atom stereocenters. The summed E-state index contributed by atoms with van der Waals surface area (Å²) in [6, 6.07) is 11.5. The molecule has 1 fully saturated rings. The van der Waals surface area contributed by atoms with Crippen molar-refractivity contribution in [2.24, 2.45) is 0 Å². The van der Waals surface area contributed by atoms with E-state index >= 15 is 0 Å². The Hall–Kier alpha value is -2.36. The predicted octanol–water partition coefficient (Wildman–Crippen LogP) is 3.65. The average Bonchev–Trinajstić information content (AvgIpc) is 3.03. The van der Waals surface area contributed by atoms with E-state index in [1.807, 2.05) is 36.4 Å². The van der Waals surface area contributed by atoms with Gasteiger partial charge in [0.15, 0.2) is 5.82 Å². The molecule has 0 atom stereocenters. The van der Waals surface area contributed by atoms with Crippen molar-refractivity contribution in [2.45, 2.75) is 25.2 Å². The molecule has 1 heterocycles. The molecule has 100 valence electrons. The highest BCUT2D eigenvalue weighted by Crippen LogP contribution is 2.46. The number of phenolic OH excluding ortho intramolecular Hbond substituents is 1. The molecule has 0 aliphatic heterocycles. The van der Waals surface area contributed by atoms with Gasteiger partial charge in [0, 0.05) is 10.8 Å². The van der Waals surface area contributed by atoms with E-state index in [9.17, 15) is 5.11 Å². The summed E-state index contributed by atoms with van der Waals surface area (Å²) in [4.78, 5) is 4.44. The molecule has 1 aliphatic carbocycles. The smallest absolute Gasteiger partial charge is 0.261 e. The molecule has 20 heavy (non-hydrogen) atoms. The van der Waals surface area contributed by atoms with Gasteiger partial charge in [0.05, 0.1) is 5.56 Å². The van der Waals surface area contributed by atoms with Crippen LogP contribution in [0.3, 0.4) is 0 Å². The van der Waals surface area contributed by atoms with Gasteiger partial charge in [-0.25, -0.2) is 0 Å². The summed E-state index contributed by atoms with van der Waals surface area (Å²) in [6.45, 7) is 2.13. The van der Waals surface area contributed by atoms with E-state index in [-0.39, 0.29) is 11.2 Å². The summed E-state index contributed by atoms with van der Waals surface area (Å²) in [5.41, 5.74) is 0.653. The minimum atomic E-state index is 0.0637. The monoisotopic (exact) mass is 266 g/mol. The van der Waals surface area contributed by atoms with Crippen molar-refractivity contribution in [3.63, 3.8) is 0 Å². The van der Waals surface area contributed by atoms with Crippen molar-refractivity contribution in [1.29, 1.82) is 0 Å². The third-order valence-corrected chi connectivity index (χ3v) is 4.10. The van der Waals surface area contributed by atoms with E-state index in [1.54, 1.807) is 0 Å². The first-order valence-corrected chi connectivity index (χ1v) is 6.73. The van der Waals surface area contributed by atoms with Crippen molar-refractivity contribution in [1.82, 2.24) is 10.1 Å². The molecule has 4 nitrogen and oxygen atoms in total. The number of aromatic nitrogens is 2. The van der Waals surface area contributed by atoms with Crippen LogP contribution in [0.25, 0.3) is 22.2 Å². The third kappa shape index (κ3) is 1.61. The maximum atomic E-state index is 10.4. The highest BCUT2D eigenvalue weighted by atomic mass is 16.5. The minimum Gasteiger partial charge on any atom is -0.506 e. The SMILES string of the molecule is CC1(c2noc(-c3ccc4ccccc4c3O)n2)CC1. The molecule has 0 amide bonds. The van der Waals surface area contributed by atoms with Crippen LogP contribution in [0.2, 0.25) is 0 Å². The minimum absolute atomic E-state index is 0.0637. The number of benzene rings is 2. The summed E-state index contributed by atoms with van der Waals surface area (Å²) < 4.78 is 5.33. The van der Waals surface area contributed by atoms with Crippen molar-refractivity contribution >= 4 is 10.8 Å². The number of nitrogens with zero attached hydrogens (tertiary/aromatic N) is 2. The summed E-state index contributed by atoms with van der Waals surface area (Å²) >= 11 is 0. The Kier molecular flexibility index (Phi) is 2.19. The molecular weight excluding hydrogens is 252 g/mol. The average molecular weight is 266 g/mol. The number of hydrogen-bond donors (Lipinski definition) is 1. The first kappa shape index (κ1) is 11.5. The topological polar surface area (TPSA) is 59.2 Å². The first-order chi connectivity index (χ1) is 9.67. The number of hydrogen-bond acceptors (Lipinski definition) is 4. The van der Waals surface area contributed by atoms with Crippen molar-refractivity contribution in [3.8, 4) is 17.2 Å². The molecule has 1 aliphatic rings. The van der Waals surface area contributed by atoms with Gasteiger partial charge in [0.2, 0.25) is 0 Å². The largest absolute Gasteiger partial charge is 0.506 e. The molecule has 1 aromatic heterocycles. The quantitative estimate of drug-likeness (QED) is 0.769. The lowest BCUT2D eigenvalue weighted by Gasteiger charge is -2.04. The van der Waals surface area contributed by atoms with Crippen LogP contribution in [0.1, 0.15) is 25.6 Å².